The van der Waals surface area contributed by atoms with E-state index in [4.69, 9.17) is 9.47 Å². The van der Waals surface area contributed by atoms with Crippen LogP contribution in [0.3, 0.4) is 0 Å². The molecule has 4 N–H and O–H groups in total. The summed E-state index contributed by atoms with van der Waals surface area (Å²) < 4.78 is 10.4. The third-order valence-corrected chi connectivity index (χ3v) is 8.42. The smallest absolute Gasteiger partial charge is 0.306 e. The van der Waals surface area contributed by atoms with Gasteiger partial charge in [0, 0.05) is 12.8 Å². The van der Waals surface area contributed by atoms with E-state index in [0.29, 0.717) is 6.42 Å². The highest BCUT2D eigenvalue weighted by Crippen LogP contribution is 2.15. The lowest BCUT2D eigenvalue weighted by Crippen LogP contribution is -2.29. The van der Waals surface area contributed by atoms with Crippen molar-refractivity contribution in [2.75, 3.05) is 13.2 Å². The first-order valence-corrected chi connectivity index (χ1v) is 19.4. The van der Waals surface area contributed by atoms with Crippen molar-refractivity contribution in [2.24, 2.45) is 5.92 Å². The number of esters is 2. The lowest BCUT2D eigenvalue weighted by Gasteiger charge is -2.17. The molecule has 0 heterocycles. The van der Waals surface area contributed by atoms with Crippen molar-refractivity contribution in [3.8, 4) is 0 Å². The van der Waals surface area contributed by atoms with Crippen LogP contribution in [0.25, 0.3) is 0 Å². The summed E-state index contributed by atoms with van der Waals surface area (Å²) in [5.41, 5.74) is 0. The predicted octanol–water partition coefficient (Wildman–Crippen LogP) is 8.61. The number of unbranched alkanes of at least 4 members (excludes halogenated alkanes) is 13. The number of aliphatic hydroxyl groups excluding tert-OH is 4. The van der Waals surface area contributed by atoms with Gasteiger partial charge in [0.15, 0.2) is 6.10 Å². The number of hydrogen-bond donors (Lipinski definition) is 4. The van der Waals surface area contributed by atoms with E-state index >= 15 is 0 Å². The van der Waals surface area contributed by atoms with Crippen LogP contribution in [0.4, 0.5) is 0 Å². The van der Waals surface area contributed by atoms with E-state index in [1.165, 1.54) is 70.3 Å². The van der Waals surface area contributed by atoms with Crippen molar-refractivity contribution in [1.29, 1.82) is 0 Å². The van der Waals surface area contributed by atoms with Crippen molar-refractivity contribution in [2.45, 2.75) is 180 Å². The molecule has 8 heteroatoms. The van der Waals surface area contributed by atoms with Gasteiger partial charge >= 0.3 is 11.9 Å². The summed E-state index contributed by atoms with van der Waals surface area (Å²) in [6.45, 7) is 6.07. The lowest BCUT2D eigenvalue weighted by atomic mass is 10.0. The SMILES string of the molecule is CCCCC[C@H](O)/C=C/C=C\C=C\C=C\[C@H](O)[C@@H](O)CCCC(=O)O[C@@H](CO)COC(=O)CCCCCCCCCCCCCCC(C)C. The first kappa shape index (κ1) is 46.7. The zero-order chi connectivity index (χ0) is 36.4. The van der Waals surface area contributed by atoms with Crippen molar-refractivity contribution in [3.05, 3.63) is 48.6 Å². The van der Waals surface area contributed by atoms with Crippen LogP contribution in [-0.2, 0) is 19.1 Å². The first-order chi connectivity index (χ1) is 23.7. The van der Waals surface area contributed by atoms with Gasteiger partial charge in [-0.05, 0) is 31.6 Å². The van der Waals surface area contributed by atoms with Crippen molar-refractivity contribution < 1.29 is 39.5 Å². The molecule has 0 saturated heterocycles. The molecule has 0 aromatic rings. The van der Waals surface area contributed by atoms with Crippen LogP contribution in [0.2, 0.25) is 0 Å². The van der Waals surface area contributed by atoms with Gasteiger partial charge in [-0.1, -0.05) is 166 Å². The Balaban J connectivity index is 3.92. The fourth-order valence-electron chi connectivity index (χ4n) is 5.30. The summed E-state index contributed by atoms with van der Waals surface area (Å²) in [5.74, 6) is -0.100. The Bertz CT molecular complexity index is 894. The van der Waals surface area contributed by atoms with Gasteiger partial charge in [0.05, 0.1) is 24.9 Å². The Morgan fingerprint density at radius 3 is 1.67 bits per heavy atom. The number of hydrogen-bond acceptors (Lipinski definition) is 8. The average molecular weight is 693 g/mol. The van der Waals surface area contributed by atoms with Crippen LogP contribution in [0, 0.1) is 5.92 Å². The molecule has 0 amide bonds. The highest BCUT2D eigenvalue weighted by Gasteiger charge is 2.18. The second-order valence-corrected chi connectivity index (χ2v) is 13.7. The van der Waals surface area contributed by atoms with E-state index in [9.17, 15) is 30.0 Å². The van der Waals surface area contributed by atoms with Crippen molar-refractivity contribution in [3.63, 3.8) is 0 Å². The van der Waals surface area contributed by atoms with Crippen LogP contribution < -0.4 is 0 Å². The molecule has 0 aromatic heterocycles. The van der Waals surface area contributed by atoms with Crippen LogP contribution in [-0.4, -0.2) is 70.0 Å². The van der Waals surface area contributed by atoms with E-state index in [-0.39, 0.29) is 31.8 Å². The molecule has 0 aliphatic rings. The van der Waals surface area contributed by atoms with Gasteiger partial charge in [-0.3, -0.25) is 9.59 Å². The number of allylic oxidation sites excluding steroid dienone is 6. The minimum absolute atomic E-state index is 0.00188. The molecule has 0 aromatic carbocycles. The second-order valence-electron chi connectivity index (χ2n) is 13.7. The van der Waals surface area contributed by atoms with E-state index in [2.05, 4.69) is 20.8 Å². The summed E-state index contributed by atoms with van der Waals surface area (Å²) in [4.78, 5) is 24.3. The lowest BCUT2D eigenvalue weighted by molar-refractivity contribution is -0.161. The van der Waals surface area contributed by atoms with Gasteiger partial charge < -0.3 is 29.9 Å². The van der Waals surface area contributed by atoms with Crippen LogP contribution in [0.15, 0.2) is 48.6 Å². The van der Waals surface area contributed by atoms with Gasteiger partial charge in [-0.15, -0.1) is 0 Å². The zero-order valence-electron chi connectivity index (χ0n) is 31.2. The summed E-state index contributed by atoms with van der Waals surface area (Å²) in [5, 5.41) is 39.7. The number of ether oxygens (including phenoxy) is 2. The third-order valence-electron chi connectivity index (χ3n) is 8.42. The van der Waals surface area contributed by atoms with Gasteiger partial charge in [0.2, 0.25) is 0 Å². The summed E-state index contributed by atoms with van der Waals surface area (Å²) in [7, 11) is 0. The molecular weight excluding hydrogens is 620 g/mol. The van der Waals surface area contributed by atoms with Crippen LogP contribution in [0.5, 0.6) is 0 Å². The van der Waals surface area contributed by atoms with Crippen molar-refractivity contribution in [1.82, 2.24) is 0 Å². The largest absolute Gasteiger partial charge is 0.462 e. The van der Waals surface area contributed by atoms with E-state index in [1.807, 2.05) is 6.08 Å². The summed E-state index contributed by atoms with van der Waals surface area (Å²) in [6.07, 6.45) is 31.1. The fourth-order valence-corrected chi connectivity index (χ4v) is 5.30. The number of rotatable bonds is 33. The highest BCUT2D eigenvalue weighted by molar-refractivity contribution is 5.70. The molecule has 0 rings (SSSR count). The predicted molar refractivity (Wildman–Crippen MR) is 200 cm³/mol. The minimum atomic E-state index is -1.09. The molecule has 0 aliphatic heterocycles. The summed E-state index contributed by atoms with van der Waals surface area (Å²) in [6, 6.07) is 0. The molecule has 0 unspecified atom stereocenters. The Labute approximate surface area is 298 Å². The van der Waals surface area contributed by atoms with Gasteiger partial charge in [0.25, 0.3) is 0 Å². The van der Waals surface area contributed by atoms with Crippen LogP contribution in [0.1, 0.15) is 156 Å². The van der Waals surface area contributed by atoms with Crippen molar-refractivity contribution >= 4 is 11.9 Å². The zero-order valence-corrected chi connectivity index (χ0v) is 31.2. The molecule has 8 nitrogen and oxygen atoms in total. The highest BCUT2D eigenvalue weighted by atomic mass is 16.6. The molecule has 49 heavy (non-hydrogen) atoms. The van der Waals surface area contributed by atoms with Gasteiger partial charge in [0.1, 0.15) is 6.61 Å². The number of aliphatic hydroxyl groups is 4. The Morgan fingerprint density at radius 2 is 1.10 bits per heavy atom. The third kappa shape index (κ3) is 32.7. The number of carbonyl (C=O) groups is 2. The molecule has 0 radical (unpaired) electrons. The van der Waals surface area contributed by atoms with E-state index in [1.54, 1.807) is 36.5 Å². The monoisotopic (exact) mass is 693 g/mol. The standard InChI is InChI=1S/C41H72O8/c1-4-5-20-27-36(43)28-22-17-14-15-18-23-29-38(44)39(45)30-25-32-41(47)49-37(33-42)34-48-40(46)31-24-19-13-11-9-7-6-8-10-12-16-21-26-35(2)3/h14-15,17-18,22-23,28-29,35-39,42-45H,4-13,16,19-21,24-27,30-34H2,1-3H3/b17-14-,18-15+,28-22+,29-23+/t36-,37-,38-,39-/m0/s1. The quantitative estimate of drug-likeness (QED) is 0.0305. The molecule has 284 valence electrons. The maximum absolute atomic E-state index is 12.2. The Hall–Kier alpha value is -2.26. The Morgan fingerprint density at radius 1 is 0.592 bits per heavy atom. The molecule has 0 bridgehead atoms. The molecular formula is C41H72O8. The molecule has 0 saturated carbocycles. The van der Waals surface area contributed by atoms with E-state index in [0.717, 1.165) is 50.9 Å². The number of carbonyl (C=O) groups excluding carboxylic acids is 2. The Kier molecular flexibility index (Phi) is 32.6. The van der Waals surface area contributed by atoms with E-state index < -0.39 is 37.0 Å². The molecule has 0 aliphatic carbocycles. The van der Waals surface area contributed by atoms with Gasteiger partial charge in [-0.2, -0.15) is 0 Å². The average Bonchev–Trinajstić information content (AvgIpc) is 3.07. The molecule has 0 spiro atoms. The van der Waals surface area contributed by atoms with Crippen LogP contribution >= 0.6 is 0 Å². The first-order valence-electron chi connectivity index (χ1n) is 19.4. The fraction of sp³-hybridized carbons (Fsp3) is 0.756. The molecule has 0 fully saturated rings. The summed E-state index contributed by atoms with van der Waals surface area (Å²) >= 11 is 0. The van der Waals surface area contributed by atoms with Gasteiger partial charge in [-0.25, -0.2) is 0 Å². The minimum Gasteiger partial charge on any atom is -0.462 e. The second kappa shape index (κ2) is 34.2. The normalized spacial score (nSPS) is 14.8. The topological polar surface area (TPSA) is 134 Å². The maximum Gasteiger partial charge on any atom is 0.306 e. The molecule has 4 atom stereocenters. The maximum atomic E-state index is 12.2.